The molecule has 0 bridgehead atoms. The maximum absolute atomic E-state index is 11.7. The van der Waals surface area contributed by atoms with Crippen molar-refractivity contribution in [2.45, 2.75) is 71.6 Å². The molecule has 0 spiro atoms. The predicted molar refractivity (Wildman–Crippen MR) is 83.0 cm³/mol. The van der Waals surface area contributed by atoms with Crippen LogP contribution in [0.5, 0.6) is 0 Å². The van der Waals surface area contributed by atoms with Gasteiger partial charge in [0.2, 0.25) is 6.39 Å². The number of rotatable bonds is 12. The molecule has 1 aromatic heterocycles. The van der Waals surface area contributed by atoms with Gasteiger partial charge in [-0.3, -0.25) is 4.79 Å². The van der Waals surface area contributed by atoms with Crippen LogP contribution in [0.15, 0.2) is 10.8 Å². The molecule has 1 unspecified atom stereocenters. The minimum absolute atomic E-state index is 0.0445. The van der Waals surface area contributed by atoms with Crippen molar-refractivity contribution in [3.63, 3.8) is 0 Å². The van der Waals surface area contributed by atoms with Crippen molar-refractivity contribution in [3.05, 3.63) is 12.3 Å². The fraction of sp³-hybridized carbons (Fsp3) is 0.812. The predicted octanol–water partition coefficient (Wildman–Crippen LogP) is 3.97. The quantitative estimate of drug-likeness (QED) is 0.592. The lowest BCUT2D eigenvalue weighted by atomic mass is 9.92. The molecule has 21 heavy (non-hydrogen) atoms. The Kier molecular flexibility index (Phi) is 9.49. The SMILES string of the molecule is CCCCCCC(CCCC)CCNC(=O)c1nnco1. The van der Waals surface area contributed by atoms with E-state index in [1.807, 2.05) is 0 Å². The van der Waals surface area contributed by atoms with Crippen molar-refractivity contribution >= 4 is 5.91 Å². The molecule has 1 aromatic rings. The number of carbonyl (C=O) groups excluding carboxylic acids is 1. The molecule has 0 aliphatic rings. The molecule has 1 atom stereocenters. The van der Waals surface area contributed by atoms with Gasteiger partial charge in [-0.25, -0.2) is 0 Å². The van der Waals surface area contributed by atoms with E-state index in [0.29, 0.717) is 12.5 Å². The zero-order valence-corrected chi connectivity index (χ0v) is 13.4. The van der Waals surface area contributed by atoms with Gasteiger partial charge < -0.3 is 9.73 Å². The molecule has 1 heterocycles. The zero-order chi connectivity index (χ0) is 15.3. The van der Waals surface area contributed by atoms with Gasteiger partial charge in [0.05, 0.1) is 0 Å². The number of amides is 1. The van der Waals surface area contributed by atoms with Crippen LogP contribution >= 0.6 is 0 Å². The van der Waals surface area contributed by atoms with E-state index in [2.05, 4.69) is 29.4 Å². The van der Waals surface area contributed by atoms with Crippen molar-refractivity contribution in [2.24, 2.45) is 5.92 Å². The van der Waals surface area contributed by atoms with Crippen LogP contribution in [0.3, 0.4) is 0 Å². The number of carbonyl (C=O) groups is 1. The summed E-state index contributed by atoms with van der Waals surface area (Å²) in [4.78, 5) is 11.7. The Balaban J connectivity index is 2.22. The fourth-order valence-corrected chi connectivity index (χ4v) is 2.52. The van der Waals surface area contributed by atoms with Crippen molar-refractivity contribution in [2.75, 3.05) is 6.54 Å². The van der Waals surface area contributed by atoms with E-state index in [1.54, 1.807) is 0 Å². The van der Waals surface area contributed by atoms with E-state index in [1.165, 1.54) is 57.8 Å². The highest BCUT2D eigenvalue weighted by atomic mass is 16.4. The molecular weight excluding hydrogens is 266 g/mol. The highest BCUT2D eigenvalue weighted by Gasteiger charge is 2.12. The second kappa shape index (κ2) is 11.3. The van der Waals surface area contributed by atoms with E-state index in [4.69, 9.17) is 4.42 Å². The zero-order valence-electron chi connectivity index (χ0n) is 13.4. The summed E-state index contributed by atoms with van der Waals surface area (Å²) in [7, 11) is 0. The third-order valence-corrected chi connectivity index (χ3v) is 3.82. The summed E-state index contributed by atoms with van der Waals surface area (Å²) in [5.74, 6) is 0.487. The van der Waals surface area contributed by atoms with Crippen molar-refractivity contribution in [3.8, 4) is 0 Å². The monoisotopic (exact) mass is 295 g/mol. The normalized spacial score (nSPS) is 12.3. The number of hydrogen-bond acceptors (Lipinski definition) is 4. The molecule has 0 fully saturated rings. The van der Waals surface area contributed by atoms with Gasteiger partial charge >= 0.3 is 11.8 Å². The molecule has 5 heteroatoms. The molecule has 0 saturated heterocycles. The average molecular weight is 295 g/mol. The first-order valence-corrected chi connectivity index (χ1v) is 8.32. The number of nitrogens with one attached hydrogen (secondary N) is 1. The molecular formula is C16H29N3O2. The van der Waals surface area contributed by atoms with Crippen LogP contribution in [0.4, 0.5) is 0 Å². The molecule has 0 aromatic carbocycles. The van der Waals surface area contributed by atoms with Crippen LogP contribution in [-0.4, -0.2) is 22.6 Å². The highest BCUT2D eigenvalue weighted by Crippen LogP contribution is 2.20. The van der Waals surface area contributed by atoms with Gasteiger partial charge in [0.1, 0.15) is 0 Å². The van der Waals surface area contributed by atoms with Gasteiger partial charge in [0, 0.05) is 6.54 Å². The van der Waals surface area contributed by atoms with Gasteiger partial charge in [0.25, 0.3) is 0 Å². The summed E-state index contributed by atoms with van der Waals surface area (Å²) in [6.45, 7) is 5.15. The summed E-state index contributed by atoms with van der Waals surface area (Å²) in [5, 5.41) is 9.97. The Labute approximate surface area is 127 Å². The number of aromatic nitrogens is 2. The first-order chi connectivity index (χ1) is 10.3. The van der Waals surface area contributed by atoms with Gasteiger partial charge in [-0.2, -0.15) is 0 Å². The van der Waals surface area contributed by atoms with Crippen LogP contribution in [-0.2, 0) is 0 Å². The molecule has 120 valence electrons. The summed E-state index contributed by atoms with van der Waals surface area (Å²) in [6, 6.07) is 0. The van der Waals surface area contributed by atoms with E-state index < -0.39 is 0 Å². The standard InChI is InChI=1S/C16H29N3O2/c1-3-5-7-8-10-14(9-6-4-2)11-12-17-15(20)16-19-18-13-21-16/h13-14H,3-12H2,1-2H3,(H,17,20). The Hall–Kier alpha value is -1.39. The summed E-state index contributed by atoms with van der Waals surface area (Å²) < 4.78 is 4.88. The molecule has 1 N–H and O–H groups in total. The van der Waals surface area contributed by atoms with Crippen LogP contribution in [0.2, 0.25) is 0 Å². The van der Waals surface area contributed by atoms with Crippen LogP contribution in [0.25, 0.3) is 0 Å². The van der Waals surface area contributed by atoms with E-state index >= 15 is 0 Å². The van der Waals surface area contributed by atoms with Crippen LogP contribution < -0.4 is 5.32 Å². The van der Waals surface area contributed by atoms with Gasteiger partial charge in [-0.1, -0.05) is 65.2 Å². The molecule has 1 rings (SSSR count). The number of nitrogens with zero attached hydrogens (tertiary/aromatic N) is 2. The minimum atomic E-state index is -0.271. The molecule has 5 nitrogen and oxygen atoms in total. The summed E-state index contributed by atoms with van der Waals surface area (Å²) in [6.07, 6.45) is 12.5. The van der Waals surface area contributed by atoms with Crippen LogP contribution in [0, 0.1) is 5.92 Å². The van der Waals surface area contributed by atoms with E-state index in [9.17, 15) is 4.79 Å². The first-order valence-electron chi connectivity index (χ1n) is 8.32. The van der Waals surface area contributed by atoms with Gasteiger partial charge in [-0.15, -0.1) is 10.2 Å². The Morgan fingerprint density at radius 2 is 1.90 bits per heavy atom. The number of hydrogen-bond donors (Lipinski definition) is 1. The van der Waals surface area contributed by atoms with Crippen molar-refractivity contribution in [1.82, 2.24) is 15.5 Å². The topological polar surface area (TPSA) is 68.0 Å². The lowest BCUT2D eigenvalue weighted by Crippen LogP contribution is -2.26. The van der Waals surface area contributed by atoms with Crippen molar-refractivity contribution < 1.29 is 9.21 Å². The Morgan fingerprint density at radius 1 is 1.14 bits per heavy atom. The lowest BCUT2D eigenvalue weighted by Gasteiger charge is -2.16. The maximum atomic E-state index is 11.7. The second-order valence-electron chi connectivity index (χ2n) is 5.65. The third-order valence-electron chi connectivity index (χ3n) is 3.82. The van der Waals surface area contributed by atoms with E-state index in [0.717, 1.165) is 6.42 Å². The van der Waals surface area contributed by atoms with E-state index in [-0.39, 0.29) is 11.8 Å². The lowest BCUT2D eigenvalue weighted by molar-refractivity contribution is 0.0916. The van der Waals surface area contributed by atoms with Gasteiger partial charge in [-0.05, 0) is 12.3 Å². The van der Waals surface area contributed by atoms with Crippen LogP contribution in [0.1, 0.15) is 82.3 Å². The molecule has 1 amide bonds. The smallest absolute Gasteiger partial charge is 0.308 e. The Bertz CT molecular complexity index is 366. The molecule has 0 radical (unpaired) electrons. The van der Waals surface area contributed by atoms with Crippen molar-refractivity contribution in [1.29, 1.82) is 0 Å². The summed E-state index contributed by atoms with van der Waals surface area (Å²) >= 11 is 0. The Morgan fingerprint density at radius 3 is 2.57 bits per heavy atom. The molecule has 0 saturated carbocycles. The molecule has 0 aliphatic carbocycles. The summed E-state index contributed by atoms with van der Waals surface area (Å²) in [5.41, 5.74) is 0. The minimum Gasteiger partial charge on any atom is -0.420 e. The largest absolute Gasteiger partial charge is 0.420 e. The second-order valence-corrected chi connectivity index (χ2v) is 5.65. The molecule has 0 aliphatic heterocycles. The fourth-order valence-electron chi connectivity index (χ4n) is 2.52. The average Bonchev–Trinajstić information content (AvgIpc) is 3.02. The van der Waals surface area contributed by atoms with Gasteiger partial charge in [0.15, 0.2) is 0 Å². The number of unbranched alkanes of at least 4 members (excludes halogenated alkanes) is 4. The third kappa shape index (κ3) is 7.83. The maximum Gasteiger partial charge on any atom is 0.308 e. The highest BCUT2D eigenvalue weighted by molar-refractivity contribution is 5.89. The first kappa shape index (κ1) is 17.7.